The molecule has 166 valence electrons. The number of hydrogen-bond donors (Lipinski definition) is 0. The predicted molar refractivity (Wildman–Crippen MR) is 139 cm³/mol. The number of benzene rings is 3. The van der Waals surface area contributed by atoms with Gasteiger partial charge in [0.2, 0.25) is 0 Å². The molecule has 0 unspecified atom stereocenters. The number of aryl methyl sites for hydroxylation is 1. The number of aliphatic imine (C=N–C) groups is 1. The molecule has 1 saturated heterocycles. The molecule has 5 rings (SSSR count). The zero-order chi connectivity index (χ0) is 22.8. The maximum Gasteiger partial charge on any atom is 0.267 e. The van der Waals surface area contributed by atoms with Gasteiger partial charge in [0.15, 0.2) is 5.17 Å². The average molecular weight is 472 g/mol. The van der Waals surface area contributed by atoms with E-state index < -0.39 is 0 Å². The fourth-order valence-electron chi connectivity index (χ4n) is 3.89. The summed E-state index contributed by atoms with van der Waals surface area (Å²) in [6.45, 7) is 3.88. The first-order valence-electron chi connectivity index (χ1n) is 10.9. The quantitative estimate of drug-likeness (QED) is 0.432. The predicted octanol–water partition coefficient (Wildman–Crippen LogP) is 6.08. The van der Waals surface area contributed by atoms with Crippen molar-refractivity contribution >= 4 is 40.3 Å². The van der Waals surface area contributed by atoms with Crippen molar-refractivity contribution in [3.05, 3.63) is 105 Å². The molecule has 0 saturated carbocycles. The zero-order valence-corrected chi connectivity index (χ0v) is 20.3. The van der Waals surface area contributed by atoms with Crippen LogP contribution in [0.4, 0.5) is 5.69 Å². The van der Waals surface area contributed by atoms with Crippen LogP contribution < -0.4 is 4.90 Å². The lowest BCUT2D eigenvalue weighted by atomic mass is 10.1. The third kappa shape index (κ3) is 4.72. The van der Waals surface area contributed by atoms with Crippen LogP contribution in [-0.4, -0.2) is 29.6 Å². The number of fused-ring (bicyclic) bond motifs is 1. The maximum atomic E-state index is 13.6. The van der Waals surface area contributed by atoms with E-state index in [4.69, 9.17) is 4.99 Å². The van der Waals surface area contributed by atoms with Crippen LogP contribution in [0.5, 0.6) is 0 Å². The molecule has 1 amide bonds. The van der Waals surface area contributed by atoms with Gasteiger partial charge < -0.3 is 4.90 Å². The number of amides is 1. The normalized spacial score (nSPS) is 19.3. The number of rotatable bonds is 4. The minimum Gasteiger partial charge on any atom is -0.369 e. The van der Waals surface area contributed by atoms with Crippen LogP contribution in [0.25, 0.3) is 0 Å². The van der Waals surface area contributed by atoms with Crippen LogP contribution in [0.15, 0.2) is 98.6 Å². The first-order chi connectivity index (χ1) is 16.1. The topological polar surface area (TPSA) is 35.9 Å². The second-order valence-corrected chi connectivity index (χ2v) is 10.4. The van der Waals surface area contributed by atoms with Gasteiger partial charge in [0.1, 0.15) is 0 Å². The van der Waals surface area contributed by atoms with Gasteiger partial charge in [0.05, 0.1) is 30.2 Å². The molecular formula is C27H25N3OS2. The van der Waals surface area contributed by atoms with E-state index in [-0.39, 0.29) is 5.91 Å². The van der Waals surface area contributed by atoms with Gasteiger partial charge in [-0.2, -0.15) is 0 Å². The molecule has 2 aliphatic heterocycles. The zero-order valence-electron chi connectivity index (χ0n) is 18.7. The number of hydrogen-bond acceptors (Lipinski definition) is 5. The summed E-state index contributed by atoms with van der Waals surface area (Å²) in [6.07, 6.45) is 0. The Bertz CT molecular complexity index is 1240. The molecule has 33 heavy (non-hydrogen) atoms. The fourth-order valence-corrected chi connectivity index (χ4v) is 6.27. The Kier molecular flexibility index (Phi) is 6.29. The smallest absolute Gasteiger partial charge is 0.267 e. The molecule has 2 heterocycles. The van der Waals surface area contributed by atoms with Gasteiger partial charge in [-0.15, -0.1) is 0 Å². The molecule has 0 radical (unpaired) electrons. The van der Waals surface area contributed by atoms with E-state index in [1.165, 1.54) is 27.9 Å². The van der Waals surface area contributed by atoms with E-state index in [2.05, 4.69) is 73.5 Å². The summed E-state index contributed by atoms with van der Waals surface area (Å²) >= 11 is 3.21. The molecule has 4 nitrogen and oxygen atoms in total. The summed E-state index contributed by atoms with van der Waals surface area (Å²) in [5.41, 5.74) is 4.67. The summed E-state index contributed by atoms with van der Waals surface area (Å²) in [7, 11) is 2.08. The van der Waals surface area contributed by atoms with Crippen LogP contribution in [0.3, 0.4) is 0 Å². The van der Waals surface area contributed by atoms with E-state index in [1.807, 2.05) is 29.2 Å². The number of amidine groups is 1. The monoisotopic (exact) mass is 471 g/mol. The van der Waals surface area contributed by atoms with Crippen LogP contribution in [0.1, 0.15) is 16.7 Å². The van der Waals surface area contributed by atoms with Crippen LogP contribution in [0, 0.1) is 6.92 Å². The molecule has 0 N–H and O–H groups in total. The number of para-hydroxylation sites is 1. The second kappa shape index (κ2) is 9.49. The van der Waals surface area contributed by atoms with Crippen molar-refractivity contribution in [3.63, 3.8) is 0 Å². The summed E-state index contributed by atoms with van der Waals surface area (Å²) in [6, 6.07) is 26.9. The Hall–Kier alpha value is -2.96. The Morgan fingerprint density at radius 3 is 2.39 bits per heavy atom. The van der Waals surface area contributed by atoms with Gasteiger partial charge in [-0.1, -0.05) is 84.1 Å². The Balaban J connectivity index is 1.48. The third-order valence-corrected chi connectivity index (χ3v) is 8.14. The molecule has 0 aliphatic carbocycles. The Morgan fingerprint density at radius 2 is 1.61 bits per heavy atom. The van der Waals surface area contributed by atoms with Gasteiger partial charge in [-0.25, -0.2) is 0 Å². The van der Waals surface area contributed by atoms with Crippen LogP contribution >= 0.6 is 23.5 Å². The first kappa shape index (κ1) is 21.9. The molecule has 6 heteroatoms. The van der Waals surface area contributed by atoms with Crippen LogP contribution in [-0.2, 0) is 17.9 Å². The van der Waals surface area contributed by atoms with E-state index in [0.717, 1.165) is 32.6 Å². The van der Waals surface area contributed by atoms with Gasteiger partial charge in [-0.3, -0.25) is 14.7 Å². The Morgan fingerprint density at radius 1 is 0.879 bits per heavy atom. The highest BCUT2D eigenvalue weighted by Crippen LogP contribution is 2.45. The number of carbonyl (C=O) groups excluding carboxylic acids is 1. The molecule has 3 aromatic carbocycles. The van der Waals surface area contributed by atoms with E-state index in [1.54, 1.807) is 11.8 Å². The van der Waals surface area contributed by atoms with E-state index >= 15 is 0 Å². The summed E-state index contributed by atoms with van der Waals surface area (Å²) in [5.74, 6) is 0.0433. The summed E-state index contributed by atoms with van der Waals surface area (Å²) in [5, 5.41) is 0.772. The molecule has 0 atom stereocenters. The van der Waals surface area contributed by atoms with Gasteiger partial charge in [0, 0.05) is 16.8 Å². The lowest BCUT2D eigenvalue weighted by Gasteiger charge is -2.29. The number of thioether (sulfide) groups is 2. The standard InChI is InChI=1S/C27H25N3OS2/c1-19-12-14-20(15-13-19)16-28-27-30(17-21-8-4-3-5-9-21)26(31)25(33-27)24-18-29(2)22-10-6-7-11-23(22)32-24/h3-15H,16-18H2,1-2H3/b25-24-,28-27?. The SMILES string of the molecule is Cc1ccc(CN=C2S/C(=C3/CN(C)c4ccccc4S3)C(=O)N2Cc2ccccc2)cc1. The summed E-state index contributed by atoms with van der Waals surface area (Å²) < 4.78 is 0. The molecular weight excluding hydrogens is 446 g/mol. The van der Waals surface area contributed by atoms with Crippen molar-refractivity contribution in [2.75, 3.05) is 18.5 Å². The minimum absolute atomic E-state index is 0.0433. The van der Waals surface area contributed by atoms with Gasteiger partial charge in [0.25, 0.3) is 5.91 Å². The molecule has 1 fully saturated rings. The van der Waals surface area contributed by atoms with Crippen molar-refractivity contribution < 1.29 is 4.79 Å². The minimum atomic E-state index is 0.0433. The second-order valence-electron chi connectivity index (χ2n) is 8.24. The van der Waals surface area contributed by atoms with Crippen LogP contribution in [0.2, 0.25) is 0 Å². The highest BCUT2D eigenvalue weighted by molar-refractivity contribution is 8.19. The van der Waals surface area contributed by atoms with Gasteiger partial charge in [-0.05, 0) is 41.9 Å². The maximum absolute atomic E-state index is 13.6. The van der Waals surface area contributed by atoms with E-state index in [0.29, 0.717) is 13.1 Å². The van der Waals surface area contributed by atoms with Crippen molar-refractivity contribution in [1.82, 2.24) is 4.90 Å². The number of nitrogens with zero attached hydrogens (tertiary/aromatic N) is 3. The molecule has 3 aromatic rings. The first-order valence-corrected chi connectivity index (χ1v) is 12.6. The van der Waals surface area contributed by atoms with Crippen molar-refractivity contribution in [2.45, 2.75) is 24.9 Å². The highest BCUT2D eigenvalue weighted by atomic mass is 32.2. The molecule has 0 aromatic heterocycles. The van der Waals surface area contributed by atoms with Gasteiger partial charge >= 0.3 is 0 Å². The van der Waals surface area contributed by atoms with Crippen molar-refractivity contribution in [2.24, 2.45) is 4.99 Å². The Labute approximate surface area is 203 Å². The fraction of sp³-hybridized carbons (Fsp3) is 0.185. The lowest BCUT2D eigenvalue weighted by Crippen LogP contribution is -2.30. The third-order valence-electron chi connectivity index (χ3n) is 5.71. The molecule has 0 spiro atoms. The molecule has 2 aliphatic rings. The van der Waals surface area contributed by atoms with E-state index in [9.17, 15) is 4.79 Å². The average Bonchev–Trinajstić information content (AvgIpc) is 3.14. The summed E-state index contributed by atoms with van der Waals surface area (Å²) in [4.78, 5) is 25.6. The number of likely N-dealkylation sites (N-methyl/N-ethyl adjacent to an activating group) is 1. The highest BCUT2D eigenvalue weighted by Gasteiger charge is 2.37. The lowest BCUT2D eigenvalue weighted by molar-refractivity contribution is -0.122. The van der Waals surface area contributed by atoms with Crippen molar-refractivity contribution in [3.8, 4) is 0 Å². The van der Waals surface area contributed by atoms with Crippen molar-refractivity contribution in [1.29, 1.82) is 0 Å². The molecule has 0 bridgehead atoms. The largest absolute Gasteiger partial charge is 0.369 e. The number of carbonyl (C=O) groups is 1. The number of anilines is 1.